The quantitative estimate of drug-likeness (QED) is 0.724. The van der Waals surface area contributed by atoms with Gasteiger partial charge in [0.25, 0.3) is 0 Å². The normalized spacial score (nSPS) is 12.3. The second-order valence-corrected chi connectivity index (χ2v) is 5.60. The average Bonchev–Trinajstić information content (AvgIpc) is 3.10. The number of ether oxygens (including phenoxy) is 1. The minimum atomic E-state index is -0.0375. The predicted molar refractivity (Wildman–Crippen MR) is 86.0 cm³/mol. The van der Waals surface area contributed by atoms with Crippen LogP contribution in [0.25, 0.3) is 11.3 Å². The third-order valence-corrected chi connectivity index (χ3v) is 3.64. The highest BCUT2D eigenvalue weighted by atomic mass is 35.5. The number of nitrogens with zero attached hydrogens (tertiary/aromatic N) is 4. The van der Waals surface area contributed by atoms with Gasteiger partial charge < -0.3 is 9.30 Å². The Morgan fingerprint density at radius 3 is 2.82 bits per heavy atom. The van der Waals surface area contributed by atoms with Crippen molar-refractivity contribution in [1.82, 2.24) is 19.3 Å². The molecule has 2 aromatic heterocycles. The highest BCUT2D eigenvalue weighted by molar-refractivity contribution is 6.32. The van der Waals surface area contributed by atoms with Gasteiger partial charge in [0.15, 0.2) is 0 Å². The molecule has 0 aliphatic carbocycles. The van der Waals surface area contributed by atoms with E-state index in [2.05, 4.69) is 14.6 Å². The van der Waals surface area contributed by atoms with Crippen molar-refractivity contribution in [3.63, 3.8) is 0 Å². The van der Waals surface area contributed by atoms with Gasteiger partial charge in [-0.25, -0.2) is 4.98 Å². The number of hydrogen-bond acceptors (Lipinski definition) is 3. The number of hydrogen-bond donors (Lipinski definition) is 0. The molecule has 3 rings (SSSR count). The Kier molecular flexibility index (Phi) is 4.15. The van der Waals surface area contributed by atoms with Crippen molar-refractivity contribution in [2.45, 2.75) is 19.6 Å². The van der Waals surface area contributed by atoms with Crippen LogP contribution in [-0.2, 0) is 13.6 Å². The standard InChI is InChI=1S/C16H17ClN4O/c1-12(22-16-6-4-3-5-14(16)17)9-21-11-18-8-15(21)13-7-19-20(2)10-13/h3-8,10-12H,9H2,1-2H3/t12-/m0/s1. The number of para-hydroxylation sites is 1. The van der Waals surface area contributed by atoms with Crippen molar-refractivity contribution in [3.05, 3.63) is 54.2 Å². The first-order valence-corrected chi connectivity index (χ1v) is 7.41. The molecule has 5 nitrogen and oxygen atoms in total. The van der Waals surface area contributed by atoms with Crippen LogP contribution in [0.5, 0.6) is 5.75 Å². The molecule has 0 saturated heterocycles. The number of imidazole rings is 1. The van der Waals surface area contributed by atoms with Gasteiger partial charge in [0.2, 0.25) is 0 Å². The van der Waals surface area contributed by atoms with E-state index < -0.39 is 0 Å². The van der Waals surface area contributed by atoms with E-state index in [1.54, 1.807) is 11.0 Å². The molecule has 0 spiro atoms. The van der Waals surface area contributed by atoms with Crippen LogP contribution in [-0.4, -0.2) is 25.4 Å². The van der Waals surface area contributed by atoms with Crippen LogP contribution in [0.1, 0.15) is 6.92 Å². The maximum absolute atomic E-state index is 6.12. The molecule has 0 amide bonds. The summed E-state index contributed by atoms with van der Waals surface area (Å²) in [6.45, 7) is 2.69. The Balaban J connectivity index is 1.74. The predicted octanol–water partition coefficient (Wildman–Crippen LogP) is 3.40. The fourth-order valence-corrected chi connectivity index (χ4v) is 2.51. The summed E-state index contributed by atoms with van der Waals surface area (Å²) >= 11 is 6.12. The van der Waals surface area contributed by atoms with Crippen LogP contribution >= 0.6 is 11.6 Å². The molecule has 0 fully saturated rings. The summed E-state index contributed by atoms with van der Waals surface area (Å²) in [5, 5.41) is 4.82. The molecule has 1 atom stereocenters. The molecule has 1 aromatic carbocycles. The highest BCUT2D eigenvalue weighted by Gasteiger charge is 2.12. The molecular formula is C16H17ClN4O. The van der Waals surface area contributed by atoms with Crippen LogP contribution < -0.4 is 4.74 Å². The second-order valence-electron chi connectivity index (χ2n) is 5.19. The van der Waals surface area contributed by atoms with Crippen LogP contribution in [0.3, 0.4) is 0 Å². The fourth-order valence-electron chi connectivity index (χ4n) is 2.33. The highest BCUT2D eigenvalue weighted by Crippen LogP contribution is 2.25. The first-order valence-electron chi connectivity index (χ1n) is 7.04. The largest absolute Gasteiger partial charge is 0.487 e. The van der Waals surface area contributed by atoms with Crippen molar-refractivity contribution < 1.29 is 4.74 Å². The van der Waals surface area contributed by atoms with Crippen LogP contribution in [0.4, 0.5) is 0 Å². The second kappa shape index (κ2) is 6.23. The molecule has 22 heavy (non-hydrogen) atoms. The van der Waals surface area contributed by atoms with Crippen molar-refractivity contribution in [3.8, 4) is 17.0 Å². The van der Waals surface area contributed by atoms with Crippen molar-refractivity contribution in [2.75, 3.05) is 0 Å². The summed E-state index contributed by atoms with van der Waals surface area (Å²) in [6.07, 6.45) is 7.39. The molecule has 0 unspecified atom stereocenters. The molecule has 3 aromatic rings. The molecule has 6 heteroatoms. The lowest BCUT2D eigenvalue weighted by Crippen LogP contribution is -2.19. The fraction of sp³-hybridized carbons (Fsp3) is 0.250. The van der Waals surface area contributed by atoms with E-state index in [1.165, 1.54) is 0 Å². The Bertz CT molecular complexity index is 765. The van der Waals surface area contributed by atoms with E-state index >= 15 is 0 Å². The molecule has 2 heterocycles. The molecule has 0 saturated carbocycles. The summed E-state index contributed by atoms with van der Waals surface area (Å²) in [4.78, 5) is 4.23. The van der Waals surface area contributed by atoms with Gasteiger partial charge in [0.1, 0.15) is 11.9 Å². The summed E-state index contributed by atoms with van der Waals surface area (Å²) in [5.41, 5.74) is 2.05. The lowest BCUT2D eigenvalue weighted by molar-refractivity contribution is 0.200. The monoisotopic (exact) mass is 316 g/mol. The first kappa shape index (κ1) is 14.7. The van der Waals surface area contributed by atoms with Crippen molar-refractivity contribution in [2.24, 2.45) is 7.05 Å². The molecule has 0 N–H and O–H groups in total. The number of rotatable bonds is 5. The summed E-state index contributed by atoms with van der Waals surface area (Å²) in [5.74, 6) is 0.694. The van der Waals surface area contributed by atoms with Crippen LogP contribution in [0, 0.1) is 0 Å². The Labute approximate surface area is 134 Å². The third kappa shape index (κ3) is 3.14. The van der Waals surface area contributed by atoms with Crippen LogP contribution in [0.2, 0.25) is 5.02 Å². The minimum Gasteiger partial charge on any atom is -0.487 e. The molecule has 0 aliphatic rings. The van der Waals surface area contributed by atoms with Gasteiger partial charge in [-0.2, -0.15) is 5.10 Å². The summed E-state index contributed by atoms with van der Waals surface area (Å²) in [7, 11) is 1.90. The maximum Gasteiger partial charge on any atom is 0.138 e. The van der Waals surface area contributed by atoms with Gasteiger partial charge in [-0.3, -0.25) is 4.68 Å². The average molecular weight is 317 g/mol. The smallest absolute Gasteiger partial charge is 0.138 e. The number of halogens is 1. The van der Waals surface area contributed by atoms with Gasteiger partial charge in [-0.15, -0.1) is 0 Å². The molecule has 0 aliphatic heterocycles. The Morgan fingerprint density at radius 2 is 2.09 bits per heavy atom. The van der Waals surface area contributed by atoms with Gasteiger partial charge in [0.05, 0.1) is 36.0 Å². The third-order valence-electron chi connectivity index (χ3n) is 3.33. The van der Waals surface area contributed by atoms with Crippen molar-refractivity contribution >= 4 is 11.6 Å². The molecule has 0 bridgehead atoms. The van der Waals surface area contributed by atoms with E-state index in [9.17, 15) is 0 Å². The van der Waals surface area contributed by atoms with E-state index in [1.807, 2.05) is 56.8 Å². The lowest BCUT2D eigenvalue weighted by atomic mass is 10.2. The van der Waals surface area contributed by atoms with E-state index in [0.717, 1.165) is 11.3 Å². The summed E-state index contributed by atoms with van der Waals surface area (Å²) in [6, 6.07) is 7.49. The topological polar surface area (TPSA) is 44.9 Å². The van der Waals surface area contributed by atoms with E-state index in [4.69, 9.17) is 16.3 Å². The number of aryl methyl sites for hydroxylation is 1. The maximum atomic E-state index is 6.12. The van der Waals surface area contributed by atoms with Gasteiger partial charge >= 0.3 is 0 Å². The molecule has 0 radical (unpaired) electrons. The minimum absolute atomic E-state index is 0.0375. The molecule has 114 valence electrons. The first-order chi connectivity index (χ1) is 10.6. The zero-order valence-corrected chi connectivity index (χ0v) is 13.2. The zero-order chi connectivity index (χ0) is 15.5. The van der Waals surface area contributed by atoms with E-state index in [-0.39, 0.29) is 6.10 Å². The summed E-state index contributed by atoms with van der Waals surface area (Å²) < 4.78 is 9.74. The van der Waals surface area contributed by atoms with E-state index in [0.29, 0.717) is 17.3 Å². The van der Waals surface area contributed by atoms with Crippen LogP contribution in [0.15, 0.2) is 49.2 Å². The number of benzene rings is 1. The Morgan fingerprint density at radius 1 is 1.27 bits per heavy atom. The lowest BCUT2D eigenvalue weighted by Gasteiger charge is -2.17. The SMILES string of the molecule is C[C@@H](Cn1cncc1-c1cnn(C)c1)Oc1ccccc1Cl. The zero-order valence-electron chi connectivity index (χ0n) is 12.5. The van der Waals surface area contributed by atoms with Gasteiger partial charge in [0, 0.05) is 18.8 Å². The number of aromatic nitrogens is 4. The van der Waals surface area contributed by atoms with Crippen molar-refractivity contribution in [1.29, 1.82) is 0 Å². The van der Waals surface area contributed by atoms with Gasteiger partial charge in [-0.05, 0) is 19.1 Å². The Hall–Kier alpha value is -2.27. The van der Waals surface area contributed by atoms with Gasteiger partial charge in [-0.1, -0.05) is 23.7 Å². The molecular weight excluding hydrogens is 300 g/mol.